The summed E-state index contributed by atoms with van der Waals surface area (Å²) in [4.78, 5) is 15.7. The summed E-state index contributed by atoms with van der Waals surface area (Å²) in [5.74, 6) is 0.00467. The highest BCUT2D eigenvalue weighted by Gasteiger charge is 2.09. The molecule has 16 heavy (non-hydrogen) atoms. The molecule has 0 bridgehead atoms. The summed E-state index contributed by atoms with van der Waals surface area (Å²) in [5, 5.41) is 8.25. The fourth-order valence-electron chi connectivity index (χ4n) is 1.19. The summed E-state index contributed by atoms with van der Waals surface area (Å²) in [6.45, 7) is 0.254. The van der Waals surface area contributed by atoms with Crippen molar-refractivity contribution in [3.63, 3.8) is 0 Å². The number of hydrogen-bond acceptors (Lipinski definition) is 3. The number of nitrogens with one attached hydrogen (secondary N) is 1. The number of hydroxylamine groups is 2. The van der Waals surface area contributed by atoms with Crippen molar-refractivity contribution in [2.75, 3.05) is 7.11 Å². The number of carbonyl (C=O) groups is 1. The molecule has 0 saturated heterocycles. The van der Waals surface area contributed by atoms with Gasteiger partial charge in [0.2, 0.25) is 0 Å². The molecule has 6 heteroatoms. The monoisotopic (exact) mass is 222 g/mol. The number of urea groups is 1. The Kier molecular flexibility index (Phi) is 3.84. The van der Waals surface area contributed by atoms with Crippen LogP contribution in [0.3, 0.4) is 0 Å². The number of benzene rings is 1. The third-order valence-corrected chi connectivity index (χ3v) is 2.06. The minimum Gasteiger partial charge on any atom is -0.384 e. The smallest absolute Gasteiger partial charge is 0.339 e. The van der Waals surface area contributed by atoms with Gasteiger partial charge in [-0.15, -0.1) is 0 Å². The van der Waals surface area contributed by atoms with Gasteiger partial charge in [0.1, 0.15) is 5.84 Å². The molecule has 86 valence electrons. The Morgan fingerprint density at radius 1 is 1.38 bits per heavy atom. The Hall–Kier alpha value is -2.08. The molecular formula is C10H14N4O2. The Balaban J connectivity index is 2.75. The fraction of sp³-hybridized carbons (Fsp3) is 0.200. The van der Waals surface area contributed by atoms with Crippen LogP contribution in [0.4, 0.5) is 4.79 Å². The Morgan fingerprint density at radius 2 is 1.94 bits per heavy atom. The number of nitrogens with two attached hydrogens (primary N) is 2. The number of amidine groups is 1. The van der Waals surface area contributed by atoms with Gasteiger partial charge in [-0.05, 0) is 5.56 Å². The zero-order valence-electron chi connectivity index (χ0n) is 8.93. The van der Waals surface area contributed by atoms with Crippen molar-refractivity contribution in [3.8, 4) is 0 Å². The predicted molar refractivity (Wildman–Crippen MR) is 59.6 cm³/mol. The first-order chi connectivity index (χ1) is 7.54. The number of rotatable bonds is 4. The standard InChI is InChI=1S/C10H14N4O2/c1-16-14(10(13)15)6-7-2-4-8(5-3-7)9(11)12/h2-5H,6H2,1H3,(H3,11,12)(H2,13,15). The first-order valence-electron chi connectivity index (χ1n) is 4.59. The molecule has 0 aliphatic heterocycles. The number of amides is 2. The maximum Gasteiger partial charge on any atom is 0.339 e. The van der Waals surface area contributed by atoms with E-state index in [0.29, 0.717) is 5.56 Å². The van der Waals surface area contributed by atoms with Crippen LogP contribution >= 0.6 is 0 Å². The second-order valence-corrected chi connectivity index (χ2v) is 3.17. The van der Waals surface area contributed by atoms with E-state index in [9.17, 15) is 4.79 Å². The summed E-state index contributed by atoms with van der Waals surface area (Å²) >= 11 is 0. The quantitative estimate of drug-likeness (QED) is 0.390. The molecule has 1 aromatic carbocycles. The number of hydrogen-bond donors (Lipinski definition) is 3. The predicted octanol–water partition coefficient (Wildman–Crippen LogP) is 0.413. The van der Waals surface area contributed by atoms with E-state index in [0.717, 1.165) is 10.6 Å². The van der Waals surface area contributed by atoms with Gasteiger partial charge in [-0.3, -0.25) is 10.2 Å². The first-order valence-corrected chi connectivity index (χ1v) is 4.59. The average molecular weight is 222 g/mol. The molecule has 0 aromatic heterocycles. The van der Waals surface area contributed by atoms with Gasteiger partial charge < -0.3 is 11.5 Å². The highest BCUT2D eigenvalue weighted by atomic mass is 16.7. The van der Waals surface area contributed by atoms with Gasteiger partial charge in [-0.2, -0.15) is 5.06 Å². The van der Waals surface area contributed by atoms with Crippen LogP contribution in [0.1, 0.15) is 11.1 Å². The molecule has 0 aliphatic rings. The molecule has 0 atom stereocenters. The molecule has 5 N–H and O–H groups in total. The van der Waals surface area contributed by atoms with Crippen LogP contribution in [0.5, 0.6) is 0 Å². The lowest BCUT2D eigenvalue weighted by Gasteiger charge is -2.16. The molecule has 2 amide bonds. The van der Waals surface area contributed by atoms with Gasteiger partial charge in [-0.25, -0.2) is 4.79 Å². The van der Waals surface area contributed by atoms with E-state index >= 15 is 0 Å². The van der Waals surface area contributed by atoms with Crippen LogP contribution in [0, 0.1) is 5.41 Å². The first kappa shape index (κ1) is 12.0. The molecule has 0 heterocycles. The average Bonchev–Trinajstić information content (AvgIpc) is 2.26. The molecule has 0 radical (unpaired) electrons. The van der Waals surface area contributed by atoms with E-state index in [-0.39, 0.29) is 12.4 Å². The summed E-state index contributed by atoms with van der Waals surface area (Å²) in [6.07, 6.45) is 0. The van der Waals surface area contributed by atoms with E-state index in [4.69, 9.17) is 21.7 Å². The zero-order valence-corrected chi connectivity index (χ0v) is 8.93. The number of nitrogens with zero attached hydrogens (tertiary/aromatic N) is 1. The number of nitrogen functional groups attached to an aromatic ring is 1. The van der Waals surface area contributed by atoms with Crippen molar-refractivity contribution in [1.29, 1.82) is 5.41 Å². The van der Waals surface area contributed by atoms with Gasteiger partial charge in [0.05, 0.1) is 13.7 Å². The summed E-state index contributed by atoms with van der Waals surface area (Å²) < 4.78 is 0. The summed E-state index contributed by atoms with van der Waals surface area (Å²) in [7, 11) is 1.37. The minimum atomic E-state index is -0.654. The largest absolute Gasteiger partial charge is 0.384 e. The van der Waals surface area contributed by atoms with E-state index in [2.05, 4.69) is 0 Å². The van der Waals surface area contributed by atoms with Gasteiger partial charge in [-0.1, -0.05) is 24.3 Å². The van der Waals surface area contributed by atoms with Crippen LogP contribution < -0.4 is 11.5 Å². The number of carbonyl (C=O) groups excluding carboxylic acids is 1. The zero-order chi connectivity index (χ0) is 12.1. The Labute approximate surface area is 93.2 Å². The molecule has 0 fully saturated rings. The van der Waals surface area contributed by atoms with Crippen LogP contribution in [-0.2, 0) is 11.4 Å². The highest BCUT2D eigenvalue weighted by molar-refractivity contribution is 5.94. The lowest BCUT2D eigenvalue weighted by Crippen LogP contribution is -2.34. The molecule has 0 aliphatic carbocycles. The maximum atomic E-state index is 10.9. The van der Waals surface area contributed by atoms with Crippen LogP contribution in [-0.4, -0.2) is 24.0 Å². The van der Waals surface area contributed by atoms with Crippen molar-refractivity contribution < 1.29 is 9.63 Å². The molecule has 0 spiro atoms. The number of primary amides is 1. The molecular weight excluding hydrogens is 208 g/mol. The van der Waals surface area contributed by atoms with E-state index in [1.807, 2.05) is 0 Å². The second kappa shape index (κ2) is 5.13. The SMILES string of the molecule is CON(Cc1ccc(C(=N)N)cc1)C(N)=O. The topological polar surface area (TPSA) is 105 Å². The van der Waals surface area contributed by atoms with E-state index in [1.54, 1.807) is 24.3 Å². The fourth-order valence-corrected chi connectivity index (χ4v) is 1.19. The minimum absolute atomic E-state index is 0.00467. The summed E-state index contributed by atoms with van der Waals surface area (Å²) in [5.41, 5.74) is 11.9. The van der Waals surface area contributed by atoms with Gasteiger partial charge in [0.25, 0.3) is 0 Å². The maximum absolute atomic E-state index is 10.9. The van der Waals surface area contributed by atoms with E-state index < -0.39 is 6.03 Å². The molecule has 6 nitrogen and oxygen atoms in total. The van der Waals surface area contributed by atoms with Crippen molar-refractivity contribution in [3.05, 3.63) is 35.4 Å². The van der Waals surface area contributed by atoms with Crippen molar-refractivity contribution in [2.24, 2.45) is 11.5 Å². The molecule has 1 rings (SSSR count). The van der Waals surface area contributed by atoms with Crippen molar-refractivity contribution >= 4 is 11.9 Å². The van der Waals surface area contributed by atoms with Crippen molar-refractivity contribution in [2.45, 2.75) is 6.54 Å². The third-order valence-electron chi connectivity index (χ3n) is 2.06. The molecule has 0 saturated carbocycles. The normalized spacial score (nSPS) is 9.81. The van der Waals surface area contributed by atoms with Gasteiger partial charge >= 0.3 is 6.03 Å². The molecule has 0 unspecified atom stereocenters. The summed E-state index contributed by atoms with van der Waals surface area (Å²) in [6, 6.07) is 6.26. The Bertz CT molecular complexity index is 388. The molecule has 1 aromatic rings. The van der Waals surface area contributed by atoms with Crippen LogP contribution in [0.2, 0.25) is 0 Å². The van der Waals surface area contributed by atoms with Gasteiger partial charge in [0, 0.05) is 5.56 Å². The van der Waals surface area contributed by atoms with E-state index in [1.165, 1.54) is 7.11 Å². The highest BCUT2D eigenvalue weighted by Crippen LogP contribution is 2.07. The lowest BCUT2D eigenvalue weighted by molar-refractivity contribution is -0.0903. The van der Waals surface area contributed by atoms with Gasteiger partial charge in [0.15, 0.2) is 0 Å². The van der Waals surface area contributed by atoms with Crippen LogP contribution in [0.25, 0.3) is 0 Å². The van der Waals surface area contributed by atoms with Crippen molar-refractivity contribution in [1.82, 2.24) is 5.06 Å². The third kappa shape index (κ3) is 2.96. The lowest BCUT2D eigenvalue weighted by atomic mass is 10.1. The Morgan fingerprint density at radius 3 is 2.31 bits per heavy atom. The second-order valence-electron chi connectivity index (χ2n) is 3.17. The van der Waals surface area contributed by atoms with Crippen LogP contribution in [0.15, 0.2) is 24.3 Å².